The molecule has 0 aromatic rings. The molecule has 0 spiro atoms. The molecule has 10 heteroatoms. The fraction of sp³-hybridized carbons (Fsp3) is 0.615. The highest BCUT2D eigenvalue weighted by Gasteiger charge is 2.45. The van der Waals surface area contributed by atoms with Crippen LogP contribution in [0.4, 0.5) is 0 Å². The summed E-state index contributed by atoms with van der Waals surface area (Å²) < 4.78 is 20.1. The molecule has 0 aromatic carbocycles. The van der Waals surface area contributed by atoms with Crippen LogP contribution >= 0.6 is 0 Å². The van der Waals surface area contributed by atoms with Gasteiger partial charge in [-0.3, -0.25) is 9.98 Å². The van der Waals surface area contributed by atoms with E-state index < -0.39 is 23.9 Å². The van der Waals surface area contributed by atoms with E-state index >= 15 is 0 Å². The Morgan fingerprint density at radius 1 is 0.500 bits per heavy atom. The van der Waals surface area contributed by atoms with Crippen LogP contribution < -0.4 is 0 Å². The monoisotopic (exact) mass is 502 g/mol. The second-order valence-electron chi connectivity index (χ2n) is 9.01. The molecule has 0 radical (unpaired) electrons. The van der Waals surface area contributed by atoms with Crippen LogP contribution in [0.15, 0.2) is 32.3 Å². The molecule has 3 aliphatic rings. The molecule has 0 amide bonds. The summed E-state index contributed by atoms with van der Waals surface area (Å²) in [4.78, 5) is 62.2. The van der Waals surface area contributed by atoms with Gasteiger partial charge in [-0.15, -0.1) is 0 Å². The number of aliphatic imine (C=N–C) groups is 2. The summed E-state index contributed by atoms with van der Waals surface area (Å²) in [5.74, 6) is -3.59. The molecule has 0 atom stereocenters. The van der Waals surface area contributed by atoms with Crippen molar-refractivity contribution < 1.29 is 38.1 Å². The highest BCUT2D eigenvalue weighted by molar-refractivity contribution is 6.51. The SMILES string of the molecule is COC(=O)C1=C(C(=O)OC)C(=NC2CCCCC2)C(C(=O)OC)=C(C(=O)OC)C1=NC1CCCCC1. The molecule has 0 heterocycles. The van der Waals surface area contributed by atoms with Gasteiger partial charge in [0.25, 0.3) is 0 Å². The number of rotatable bonds is 6. The Hall–Kier alpha value is -3.30. The molecule has 3 rings (SSSR count). The zero-order valence-electron chi connectivity index (χ0n) is 21.4. The lowest BCUT2D eigenvalue weighted by molar-refractivity contribution is -0.139. The molecule has 0 aliphatic heterocycles. The Balaban J connectivity index is 2.42. The Labute approximate surface area is 210 Å². The molecular weight excluding hydrogens is 468 g/mol. The minimum Gasteiger partial charge on any atom is -0.465 e. The van der Waals surface area contributed by atoms with Crippen LogP contribution in [-0.4, -0.2) is 75.8 Å². The minimum atomic E-state index is -0.897. The van der Waals surface area contributed by atoms with Crippen molar-refractivity contribution in [3.05, 3.63) is 22.3 Å². The van der Waals surface area contributed by atoms with E-state index in [4.69, 9.17) is 28.9 Å². The van der Waals surface area contributed by atoms with Crippen molar-refractivity contribution in [2.45, 2.75) is 76.3 Å². The first-order chi connectivity index (χ1) is 17.4. The summed E-state index contributed by atoms with van der Waals surface area (Å²) >= 11 is 0. The Morgan fingerprint density at radius 3 is 0.972 bits per heavy atom. The first-order valence-corrected chi connectivity index (χ1v) is 12.4. The maximum absolute atomic E-state index is 13.2. The van der Waals surface area contributed by atoms with E-state index in [-0.39, 0.29) is 45.8 Å². The van der Waals surface area contributed by atoms with E-state index in [1.165, 1.54) is 0 Å². The fourth-order valence-electron chi connectivity index (χ4n) is 4.97. The summed E-state index contributed by atoms with van der Waals surface area (Å²) in [5, 5.41) is 0. The number of ether oxygens (including phenoxy) is 4. The number of hydrogen-bond donors (Lipinski definition) is 0. The van der Waals surface area contributed by atoms with Gasteiger partial charge in [-0.25, -0.2) is 19.2 Å². The molecule has 0 saturated heterocycles. The van der Waals surface area contributed by atoms with Gasteiger partial charge in [0.15, 0.2) is 0 Å². The van der Waals surface area contributed by atoms with Crippen molar-refractivity contribution in [2.24, 2.45) is 9.98 Å². The van der Waals surface area contributed by atoms with E-state index in [0.717, 1.165) is 92.6 Å². The molecule has 2 saturated carbocycles. The topological polar surface area (TPSA) is 130 Å². The number of nitrogens with zero attached hydrogens (tertiary/aromatic N) is 2. The van der Waals surface area contributed by atoms with Crippen LogP contribution in [0.1, 0.15) is 64.2 Å². The summed E-state index contributed by atoms with van der Waals surface area (Å²) in [6.07, 6.45) is 8.76. The summed E-state index contributed by atoms with van der Waals surface area (Å²) in [5.41, 5.74) is -1.34. The van der Waals surface area contributed by atoms with Crippen molar-refractivity contribution in [1.82, 2.24) is 0 Å². The van der Waals surface area contributed by atoms with E-state index in [2.05, 4.69) is 0 Å². The molecule has 196 valence electrons. The lowest BCUT2D eigenvalue weighted by Crippen LogP contribution is -2.39. The molecular formula is C26H34N2O8. The Kier molecular flexibility index (Phi) is 9.55. The zero-order valence-corrected chi connectivity index (χ0v) is 21.4. The third-order valence-corrected chi connectivity index (χ3v) is 6.78. The van der Waals surface area contributed by atoms with E-state index in [1.54, 1.807) is 0 Å². The summed E-state index contributed by atoms with van der Waals surface area (Å²) in [6.45, 7) is 0. The van der Waals surface area contributed by atoms with Crippen LogP contribution in [0, 0.1) is 0 Å². The number of methoxy groups -OCH3 is 4. The highest BCUT2D eigenvalue weighted by Crippen LogP contribution is 2.34. The molecule has 0 unspecified atom stereocenters. The minimum absolute atomic E-state index is 0.135. The van der Waals surface area contributed by atoms with Crippen molar-refractivity contribution in [1.29, 1.82) is 0 Å². The normalized spacial score (nSPS) is 19.6. The van der Waals surface area contributed by atoms with Crippen LogP contribution in [0.3, 0.4) is 0 Å². The lowest BCUT2D eigenvalue weighted by atomic mass is 9.81. The second-order valence-corrected chi connectivity index (χ2v) is 9.01. The summed E-state index contributed by atoms with van der Waals surface area (Å²) in [6, 6.07) is -0.439. The number of esters is 4. The third-order valence-electron chi connectivity index (χ3n) is 6.78. The molecule has 10 nitrogen and oxygen atoms in total. The largest absolute Gasteiger partial charge is 0.465 e. The van der Waals surface area contributed by atoms with Gasteiger partial charge in [0.05, 0.1) is 51.9 Å². The van der Waals surface area contributed by atoms with Crippen LogP contribution in [0.25, 0.3) is 0 Å². The van der Waals surface area contributed by atoms with Gasteiger partial charge in [-0.1, -0.05) is 38.5 Å². The Morgan fingerprint density at radius 2 is 0.750 bits per heavy atom. The predicted molar refractivity (Wildman–Crippen MR) is 131 cm³/mol. The fourth-order valence-corrected chi connectivity index (χ4v) is 4.97. The standard InChI is InChI=1S/C26H34N2O8/c1-33-23(29)17-18(24(30)34-2)22(28-16-13-9-6-10-14-16)20(26(32)36-4)19(25(31)35-3)21(17)27-15-11-7-5-8-12-15/h15-16H,5-14H2,1-4H3. The first-order valence-electron chi connectivity index (χ1n) is 12.4. The first kappa shape index (κ1) is 27.3. The van der Waals surface area contributed by atoms with Crippen LogP contribution in [-0.2, 0) is 38.1 Å². The highest BCUT2D eigenvalue weighted by atomic mass is 16.5. The zero-order chi connectivity index (χ0) is 26.2. The predicted octanol–water partition coefficient (Wildman–Crippen LogP) is 2.83. The average Bonchev–Trinajstić information content (AvgIpc) is 2.92. The van der Waals surface area contributed by atoms with Gasteiger partial charge >= 0.3 is 23.9 Å². The molecule has 0 N–H and O–H groups in total. The molecule has 3 aliphatic carbocycles. The van der Waals surface area contributed by atoms with Gasteiger partial charge in [-0.05, 0) is 25.7 Å². The summed E-state index contributed by atoms with van der Waals surface area (Å²) in [7, 11) is 4.66. The van der Waals surface area contributed by atoms with Gasteiger partial charge in [0.1, 0.15) is 22.3 Å². The van der Waals surface area contributed by atoms with Gasteiger partial charge in [0, 0.05) is 0 Å². The van der Waals surface area contributed by atoms with Crippen LogP contribution in [0.5, 0.6) is 0 Å². The van der Waals surface area contributed by atoms with Crippen molar-refractivity contribution in [3.8, 4) is 0 Å². The Bertz CT molecular complexity index is 887. The number of carbonyl (C=O) groups excluding carboxylic acids is 4. The van der Waals surface area contributed by atoms with Crippen molar-refractivity contribution in [2.75, 3.05) is 28.4 Å². The van der Waals surface area contributed by atoms with E-state index in [1.807, 2.05) is 0 Å². The van der Waals surface area contributed by atoms with Gasteiger partial charge < -0.3 is 18.9 Å². The number of hydrogen-bond acceptors (Lipinski definition) is 10. The quantitative estimate of drug-likeness (QED) is 0.308. The van der Waals surface area contributed by atoms with Crippen molar-refractivity contribution in [3.63, 3.8) is 0 Å². The van der Waals surface area contributed by atoms with Gasteiger partial charge in [-0.2, -0.15) is 0 Å². The smallest absolute Gasteiger partial charge is 0.341 e. The van der Waals surface area contributed by atoms with Crippen molar-refractivity contribution >= 4 is 35.3 Å². The van der Waals surface area contributed by atoms with Crippen LogP contribution in [0.2, 0.25) is 0 Å². The molecule has 0 aromatic heterocycles. The average molecular weight is 503 g/mol. The molecule has 36 heavy (non-hydrogen) atoms. The second kappa shape index (κ2) is 12.6. The maximum atomic E-state index is 13.2. The molecule has 0 bridgehead atoms. The number of carbonyl (C=O) groups is 4. The lowest BCUT2D eigenvalue weighted by Gasteiger charge is -2.28. The van der Waals surface area contributed by atoms with E-state index in [9.17, 15) is 19.2 Å². The molecule has 2 fully saturated rings. The maximum Gasteiger partial charge on any atom is 0.341 e. The van der Waals surface area contributed by atoms with Gasteiger partial charge in [0.2, 0.25) is 0 Å². The van der Waals surface area contributed by atoms with E-state index in [0.29, 0.717) is 0 Å². The third kappa shape index (κ3) is 5.74.